The van der Waals surface area contributed by atoms with Gasteiger partial charge in [0.1, 0.15) is 0 Å². The Kier molecular flexibility index (Phi) is 4.59. The van der Waals surface area contributed by atoms with Crippen LogP contribution in [0.1, 0.15) is 79.0 Å². The Hall–Kier alpha value is -2.34. The van der Waals surface area contributed by atoms with Crippen molar-refractivity contribution in [3.63, 3.8) is 0 Å². The van der Waals surface area contributed by atoms with Crippen LogP contribution in [0.15, 0.2) is 54.6 Å². The first-order valence-corrected chi connectivity index (χ1v) is 11.2. The molecule has 0 heterocycles. The van der Waals surface area contributed by atoms with E-state index in [9.17, 15) is 0 Å². The highest BCUT2D eigenvalue weighted by Crippen LogP contribution is 2.45. The molecule has 0 N–H and O–H groups in total. The molecule has 156 valence electrons. The van der Waals surface area contributed by atoms with Gasteiger partial charge in [-0.1, -0.05) is 92.6 Å². The molecule has 0 heteroatoms. The zero-order valence-corrected chi connectivity index (χ0v) is 20.2. The lowest BCUT2D eigenvalue weighted by Gasteiger charge is -2.37. The van der Waals surface area contributed by atoms with Crippen molar-refractivity contribution in [2.75, 3.05) is 0 Å². The summed E-state index contributed by atoms with van der Waals surface area (Å²) in [6, 6.07) is 20.7. The van der Waals surface area contributed by atoms with Crippen LogP contribution in [0.2, 0.25) is 0 Å². The minimum absolute atomic E-state index is 0.0622. The molecule has 0 saturated carbocycles. The van der Waals surface area contributed by atoms with Gasteiger partial charge in [0.25, 0.3) is 0 Å². The van der Waals surface area contributed by atoms with Gasteiger partial charge in [0, 0.05) is 0 Å². The van der Waals surface area contributed by atoms with Crippen molar-refractivity contribution in [1.82, 2.24) is 0 Å². The second-order valence-electron chi connectivity index (χ2n) is 12.0. The van der Waals surface area contributed by atoms with Crippen LogP contribution >= 0.6 is 0 Å². The summed E-state index contributed by atoms with van der Waals surface area (Å²) in [7, 11) is 0. The van der Waals surface area contributed by atoms with Gasteiger partial charge in [0.15, 0.2) is 0 Å². The summed E-state index contributed by atoms with van der Waals surface area (Å²) < 4.78 is 0. The van der Waals surface area contributed by atoms with Gasteiger partial charge in [-0.2, -0.15) is 0 Å². The molecule has 0 unspecified atom stereocenters. The van der Waals surface area contributed by atoms with Crippen molar-refractivity contribution in [3.8, 4) is 0 Å². The maximum Gasteiger partial charge on any atom is -0.0123 e. The average molecular weight is 397 g/mol. The SMILES string of the molecule is CC(C)(C)c1cc2cc3cc4ccccc4cc3cc2c(C(C)(C)C)c1C(C)(C)C. The highest BCUT2D eigenvalue weighted by molar-refractivity contribution is 6.06. The first kappa shape index (κ1) is 20.9. The van der Waals surface area contributed by atoms with Gasteiger partial charge in [-0.3, -0.25) is 0 Å². The average Bonchev–Trinajstić information content (AvgIpc) is 2.60. The van der Waals surface area contributed by atoms with Crippen molar-refractivity contribution < 1.29 is 0 Å². The molecule has 0 bridgehead atoms. The lowest BCUT2D eigenvalue weighted by molar-refractivity contribution is 0.501. The smallest absolute Gasteiger partial charge is 0.0123 e. The van der Waals surface area contributed by atoms with Gasteiger partial charge in [-0.05, 0) is 89.5 Å². The molecule has 0 aliphatic carbocycles. The van der Waals surface area contributed by atoms with Gasteiger partial charge in [-0.25, -0.2) is 0 Å². The van der Waals surface area contributed by atoms with Gasteiger partial charge in [-0.15, -0.1) is 0 Å². The molecule has 30 heavy (non-hydrogen) atoms. The molecule has 0 aliphatic rings. The van der Waals surface area contributed by atoms with Crippen LogP contribution in [-0.2, 0) is 16.2 Å². The third-order valence-electron chi connectivity index (χ3n) is 6.27. The predicted molar refractivity (Wildman–Crippen MR) is 135 cm³/mol. The molecule has 0 aromatic heterocycles. The third kappa shape index (κ3) is 3.51. The number of hydrogen-bond donors (Lipinski definition) is 0. The molecule has 0 spiro atoms. The summed E-state index contributed by atoms with van der Waals surface area (Å²) in [4.78, 5) is 0. The number of fused-ring (bicyclic) bond motifs is 3. The maximum absolute atomic E-state index is 2.47. The maximum atomic E-state index is 2.47. The van der Waals surface area contributed by atoms with Crippen molar-refractivity contribution in [2.45, 2.75) is 78.6 Å². The standard InChI is InChI=1S/C30H36/c1-28(2,3)25-18-23-16-21-14-19-12-10-11-13-20(19)15-22(21)17-24(23)26(29(4,5)6)27(25)30(7,8)9/h10-18H,1-9H3. The molecule has 0 amide bonds. The quantitative estimate of drug-likeness (QED) is 0.260. The van der Waals surface area contributed by atoms with E-state index in [1.165, 1.54) is 49.0 Å². The zero-order valence-electron chi connectivity index (χ0n) is 20.2. The molecular formula is C30H36. The van der Waals surface area contributed by atoms with Gasteiger partial charge in [0.2, 0.25) is 0 Å². The molecular weight excluding hydrogens is 360 g/mol. The molecule has 0 aliphatic heterocycles. The van der Waals surface area contributed by atoms with Crippen molar-refractivity contribution in [3.05, 3.63) is 71.3 Å². The molecule has 0 radical (unpaired) electrons. The van der Waals surface area contributed by atoms with Crippen molar-refractivity contribution >= 4 is 32.3 Å². The van der Waals surface area contributed by atoms with Crippen LogP contribution in [0.3, 0.4) is 0 Å². The second kappa shape index (κ2) is 6.58. The van der Waals surface area contributed by atoms with Gasteiger partial charge >= 0.3 is 0 Å². The number of hydrogen-bond acceptors (Lipinski definition) is 0. The summed E-state index contributed by atoms with van der Waals surface area (Å²) in [5, 5.41) is 8.04. The fourth-order valence-electron chi connectivity index (χ4n) is 4.99. The van der Waals surface area contributed by atoms with Crippen LogP contribution in [0.5, 0.6) is 0 Å². The third-order valence-corrected chi connectivity index (χ3v) is 6.27. The van der Waals surface area contributed by atoms with E-state index in [-0.39, 0.29) is 16.2 Å². The van der Waals surface area contributed by atoms with Crippen molar-refractivity contribution in [2.24, 2.45) is 0 Å². The molecule has 0 saturated heterocycles. The first-order chi connectivity index (χ1) is 13.8. The Morgan fingerprint density at radius 1 is 0.433 bits per heavy atom. The van der Waals surface area contributed by atoms with E-state index in [0.717, 1.165) is 0 Å². The Morgan fingerprint density at radius 3 is 1.37 bits per heavy atom. The van der Waals surface area contributed by atoms with E-state index in [1.54, 1.807) is 0 Å². The first-order valence-electron chi connectivity index (χ1n) is 11.2. The number of rotatable bonds is 0. The van der Waals surface area contributed by atoms with Crippen molar-refractivity contribution in [1.29, 1.82) is 0 Å². The molecule has 4 aromatic rings. The van der Waals surface area contributed by atoms with E-state index < -0.39 is 0 Å². The van der Waals surface area contributed by atoms with E-state index in [2.05, 4.69) is 117 Å². The molecule has 4 rings (SSSR count). The Balaban J connectivity index is 2.23. The second-order valence-corrected chi connectivity index (χ2v) is 12.0. The number of benzene rings is 4. The summed E-state index contributed by atoms with van der Waals surface area (Å²) in [6.45, 7) is 21.3. The molecule has 4 aromatic carbocycles. The topological polar surface area (TPSA) is 0 Å². The van der Waals surface area contributed by atoms with E-state index >= 15 is 0 Å². The normalized spacial score (nSPS) is 13.5. The molecule has 0 fully saturated rings. The molecule has 0 nitrogen and oxygen atoms in total. The van der Waals surface area contributed by atoms with Gasteiger partial charge < -0.3 is 0 Å². The summed E-state index contributed by atoms with van der Waals surface area (Å²) in [5.41, 5.74) is 4.75. The van der Waals surface area contributed by atoms with Crippen LogP contribution in [0, 0.1) is 0 Å². The monoisotopic (exact) mass is 396 g/mol. The van der Waals surface area contributed by atoms with Crippen LogP contribution < -0.4 is 0 Å². The van der Waals surface area contributed by atoms with E-state index in [0.29, 0.717) is 0 Å². The lowest BCUT2D eigenvalue weighted by Crippen LogP contribution is -2.28. The Labute approximate surface area is 182 Å². The summed E-state index contributed by atoms with van der Waals surface area (Å²) in [6.07, 6.45) is 0. The van der Waals surface area contributed by atoms with E-state index in [1.807, 2.05) is 0 Å². The highest BCUT2D eigenvalue weighted by Gasteiger charge is 2.33. The summed E-state index contributed by atoms with van der Waals surface area (Å²) in [5.74, 6) is 0. The zero-order chi connectivity index (χ0) is 22.1. The fraction of sp³-hybridized carbons (Fsp3) is 0.400. The highest BCUT2D eigenvalue weighted by atomic mass is 14.4. The predicted octanol–water partition coefficient (Wildman–Crippen LogP) is 9.04. The van der Waals surface area contributed by atoms with Crippen LogP contribution in [-0.4, -0.2) is 0 Å². The van der Waals surface area contributed by atoms with Crippen LogP contribution in [0.4, 0.5) is 0 Å². The minimum atomic E-state index is 0.0622. The minimum Gasteiger partial charge on any atom is -0.0616 e. The Morgan fingerprint density at radius 2 is 0.900 bits per heavy atom. The lowest BCUT2D eigenvalue weighted by atomic mass is 9.67. The molecule has 0 atom stereocenters. The Bertz CT molecular complexity index is 1270. The fourth-order valence-corrected chi connectivity index (χ4v) is 4.99. The summed E-state index contributed by atoms with van der Waals surface area (Å²) >= 11 is 0. The van der Waals surface area contributed by atoms with Gasteiger partial charge in [0.05, 0.1) is 0 Å². The van der Waals surface area contributed by atoms with Crippen LogP contribution in [0.25, 0.3) is 32.3 Å². The largest absolute Gasteiger partial charge is 0.0616 e. The van der Waals surface area contributed by atoms with E-state index in [4.69, 9.17) is 0 Å².